The van der Waals surface area contributed by atoms with Gasteiger partial charge in [0.2, 0.25) is 0 Å². The number of aromatic amines is 1. The van der Waals surface area contributed by atoms with Crippen molar-refractivity contribution in [1.82, 2.24) is 15.1 Å². The number of aromatic carboxylic acids is 1. The summed E-state index contributed by atoms with van der Waals surface area (Å²) in [6.07, 6.45) is -0.437. The van der Waals surface area contributed by atoms with Crippen LogP contribution in [-0.4, -0.2) is 44.4 Å². The van der Waals surface area contributed by atoms with E-state index in [0.29, 0.717) is 12.1 Å². The second-order valence-electron chi connectivity index (χ2n) is 6.03. The molecule has 7 nitrogen and oxygen atoms in total. The summed E-state index contributed by atoms with van der Waals surface area (Å²) in [7, 11) is 0. The zero-order valence-electron chi connectivity index (χ0n) is 12.1. The van der Waals surface area contributed by atoms with Crippen LogP contribution in [0.1, 0.15) is 55.4 Å². The summed E-state index contributed by atoms with van der Waals surface area (Å²) in [6, 6.07) is 0. The highest BCUT2D eigenvalue weighted by molar-refractivity contribution is 5.87. The minimum atomic E-state index is -1.10. The van der Waals surface area contributed by atoms with Gasteiger partial charge in [0.05, 0.1) is 6.54 Å². The molecule has 0 radical (unpaired) electrons. The molecule has 0 fully saturated rings. The molecule has 0 aromatic carbocycles. The number of amides is 1. The first-order valence-electron chi connectivity index (χ1n) is 6.47. The Morgan fingerprint density at radius 3 is 2.65 bits per heavy atom. The fourth-order valence-electron chi connectivity index (χ4n) is 2.27. The lowest BCUT2D eigenvalue weighted by atomic mass is 9.97. The Morgan fingerprint density at radius 1 is 1.45 bits per heavy atom. The highest BCUT2D eigenvalue weighted by Gasteiger charge is 2.33. The van der Waals surface area contributed by atoms with Crippen molar-refractivity contribution in [3.05, 3.63) is 17.0 Å². The van der Waals surface area contributed by atoms with Crippen molar-refractivity contribution >= 4 is 12.1 Å². The largest absolute Gasteiger partial charge is 0.476 e. The average molecular weight is 281 g/mol. The Kier molecular flexibility index (Phi) is 3.45. The molecule has 1 amide bonds. The molecule has 7 heteroatoms. The minimum absolute atomic E-state index is 0.00753. The molecule has 1 aromatic rings. The van der Waals surface area contributed by atoms with E-state index >= 15 is 0 Å². The summed E-state index contributed by atoms with van der Waals surface area (Å²) in [5.74, 6) is -1.10. The fourth-order valence-corrected chi connectivity index (χ4v) is 2.27. The van der Waals surface area contributed by atoms with Crippen molar-refractivity contribution < 1.29 is 19.4 Å². The van der Waals surface area contributed by atoms with Crippen LogP contribution < -0.4 is 0 Å². The maximum Gasteiger partial charge on any atom is 0.410 e. The van der Waals surface area contributed by atoms with Gasteiger partial charge in [0.1, 0.15) is 5.60 Å². The molecule has 0 saturated carbocycles. The lowest BCUT2D eigenvalue weighted by molar-refractivity contribution is 0.0206. The molecular weight excluding hydrogens is 262 g/mol. The minimum Gasteiger partial charge on any atom is -0.476 e. The van der Waals surface area contributed by atoms with Gasteiger partial charge >= 0.3 is 12.1 Å². The van der Waals surface area contributed by atoms with Crippen LogP contribution in [0.2, 0.25) is 0 Å². The van der Waals surface area contributed by atoms with Gasteiger partial charge in [-0.2, -0.15) is 5.10 Å². The van der Waals surface area contributed by atoms with Gasteiger partial charge in [-0.05, 0) is 20.8 Å². The topological polar surface area (TPSA) is 95.5 Å². The predicted molar refractivity (Wildman–Crippen MR) is 70.6 cm³/mol. The van der Waals surface area contributed by atoms with Crippen LogP contribution in [-0.2, 0) is 11.3 Å². The number of hydrogen-bond donors (Lipinski definition) is 2. The smallest absolute Gasteiger partial charge is 0.410 e. The Morgan fingerprint density at radius 2 is 2.10 bits per heavy atom. The maximum absolute atomic E-state index is 12.1. The second kappa shape index (κ2) is 4.81. The number of carbonyl (C=O) groups excluding carboxylic acids is 1. The van der Waals surface area contributed by atoms with Crippen molar-refractivity contribution in [3.63, 3.8) is 0 Å². The van der Waals surface area contributed by atoms with Gasteiger partial charge in [0, 0.05) is 23.7 Å². The molecule has 1 unspecified atom stereocenters. The lowest BCUT2D eigenvalue weighted by Gasteiger charge is -2.32. The normalized spacial score (nSPS) is 18.6. The van der Waals surface area contributed by atoms with E-state index in [-0.39, 0.29) is 18.2 Å². The van der Waals surface area contributed by atoms with Crippen LogP contribution in [0, 0.1) is 0 Å². The van der Waals surface area contributed by atoms with Gasteiger partial charge in [-0.1, -0.05) is 6.92 Å². The van der Waals surface area contributed by atoms with E-state index in [1.54, 1.807) is 20.8 Å². The van der Waals surface area contributed by atoms with Crippen LogP contribution in [0.15, 0.2) is 0 Å². The van der Waals surface area contributed by atoms with E-state index in [1.165, 1.54) is 4.90 Å². The molecule has 20 heavy (non-hydrogen) atoms. The molecular formula is C13H19N3O4. The average Bonchev–Trinajstić information content (AvgIpc) is 2.70. The third-order valence-electron chi connectivity index (χ3n) is 3.09. The summed E-state index contributed by atoms with van der Waals surface area (Å²) in [6.45, 7) is 7.98. The van der Waals surface area contributed by atoms with E-state index in [2.05, 4.69) is 10.2 Å². The first-order valence-corrected chi connectivity index (χ1v) is 6.47. The molecule has 1 aromatic heterocycles. The quantitative estimate of drug-likeness (QED) is 0.820. The number of hydrogen-bond acceptors (Lipinski definition) is 4. The van der Waals surface area contributed by atoms with Crippen molar-refractivity contribution in [2.24, 2.45) is 0 Å². The summed E-state index contributed by atoms with van der Waals surface area (Å²) in [5, 5.41) is 15.7. The molecule has 1 aliphatic heterocycles. The van der Waals surface area contributed by atoms with Crippen LogP contribution >= 0.6 is 0 Å². The third-order valence-corrected chi connectivity index (χ3v) is 3.09. The first kappa shape index (κ1) is 14.4. The number of carboxylic acid groups (broad SMARTS) is 1. The zero-order chi connectivity index (χ0) is 15.1. The van der Waals surface area contributed by atoms with E-state index < -0.39 is 17.7 Å². The molecule has 0 bridgehead atoms. The van der Waals surface area contributed by atoms with Crippen LogP contribution in [0.25, 0.3) is 0 Å². The summed E-state index contributed by atoms with van der Waals surface area (Å²) in [5.41, 5.74) is 0.733. The first-order chi connectivity index (χ1) is 9.19. The van der Waals surface area contributed by atoms with Gasteiger partial charge in [0.25, 0.3) is 0 Å². The highest BCUT2D eigenvalue weighted by Crippen LogP contribution is 2.29. The van der Waals surface area contributed by atoms with Crippen LogP contribution in [0.4, 0.5) is 4.79 Å². The monoisotopic (exact) mass is 281 g/mol. The third kappa shape index (κ3) is 2.76. The van der Waals surface area contributed by atoms with Crippen LogP contribution in [0.5, 0.6) is 0 Å². The van der Waals surface area contributed by atoms with Crippen molar-refractivity contribution in [1.29, 1.82) is 0 Å². The number of carbonyl (C=O) groups is 2. The van der Waals surface area contributed by atoms with E-state index in [4.69, 9.17) is 9.84 Å². The summed E-state index contributed by atoms with van der Waals surface area (Å²) < 4.78 is 5.33. The van der Waals surface area contributed by atoms with Crippen molar-refractivity contribution in [2.75, 3.05) is 6.54 Å². The number of rotatable bonds is 1. The number of carboxylic acids is 1. The Bertz CT molecular complexity index is 544. The Labute approximate surface area is 116 Å². The van der Waals surface area contributed by atoms with Gasteiger partial charge < -0.3 is 14.7 Å². The lowest BCUT2D eigenvalue weighted by Crippen LogP contribution is -2.41. The van der Waals surface area contributed by atoms with Crippen molar-refractivity contribution in [3.8, 4) is 0 Å². The number of H-pyrrole nitrogens is 1. The van der Waals surface area contributed by atoms with E-state index in [9.17, 15) is 9.59 Å². The molecule has 1 aliphatic rings. The molecule has 0 aliphatic carbocycles. The van der Waals surface area contributed by atoms with Gasteiger partial charge in [0.15, 0.2) is 5.69 Å². The number of aromatic nitrogens is 2. The zero-order valence-corrected chi connectivity index (χ0v) is 12.1. The van der Waals surface area contributed by atoms with E-state index in [1.807, 2.05) is 6.92 Å². The maximum atomic E-state index is 12.1. The van der Waals surface area contributed by atoms with E-state index in [0.717, 1.165) is 5.69 Å². The number of fused-ring (bicyclic) bond motifs is 1. The molecule has 2 N–H and O–H groups in total. The molecule has 2 rings (SSSR count). The number of nitrogens with zero attached hydrogens (tertiary/aromatic N) is 2. The van der Waals surface area contributed by atoms with Gasteiger partial charge in [-0.3, -0.25) is 5.10 Å². The summed E-state index contributed by atoms with van der Waals surface area (Å²) >= 11 is 0. The van der Waals surface area contributed by atoms with Gasteiger partial charge in [-0.25, -0.2) is 9.59 Å². The molecule has 2 heterocycles. The van der Waals surface area contributed by atoms with Crippen molar-refractivity contribution in [2.45, 2.75) is 45.8 Å². The molecule has 1 atom stereocenters. The number of ether oxygens (including phenoxy) is 1. The summed E-state index contributed by atoms with van der Waals surface area (Å²) in [4.78, 5) is 24.7. The highest BCUT2D eigenvalue weighted by atomic mass is 16.6. The molecule has 0 saturated heterocycles. The van der Waals surface area contributed by atoms with Gasteiger partial charge in [-0.15, -0.1) is 0 Å². The SMILES string of the molecule is CC1CN(C(=O)OC(C)(C)C)Cc2c(C(=O)O)n[nH]c21. The molecule has 0 spiro atoms. The second-order valence-corrected chi connectivity index (χ2v) is 6.03. The number of nitrogens with one attached hydrogen (secondary N) is 1. The predicted octanol–water partition coefficient (Wildman–Crippen LogP) is 1.96. The van der Waals surface area contributed by atoms with Crippen LogP contribution in [0.3, 0.4) is 0 Å². The molecule has 110 valence electrons. The standard InChI is InChI=1S/C13H19N3O4/c1-7-5-16(12(19)20-13(2,3)4)6-8-9(7)14-15-10(8)11(17)18/h7H,5-6H2,1-4H3,(H,14,15)(H,17,18). The Balaban J connectivity index is 2.24. The fraction of sp³-hybridized carbons (Fsp3) is 0.615. The Hall–Kier alpha value is -2.05.